The molecular weight excluding hydrogens is 404 g/mol. The van der Waals surface area contributed by atoms with Crippen LogP contribution in [0.3, 0.4) is 0 Å². The van der Waals surface area contributed by atoms with Gasteiger partial charge in [-0.1, -0.05) is 44.1 Å². The van der Waals surface area contributed by atoms with Crippen LogP contribution in [-0.4, -0.2) is 26.8 Å². The molecule has 1 aromatic carbocycles. The minimum absolute atomic E-state index is 0.0436. The zero-order chi connectivity index (χ0) is 22.9. The lowest BCUT2D eigenvalue weighted by molar-refractivity contribution is -0.117. The van der Waals surface area contributed by atoms with E-state index in [0.29, 0.717) is 24.6 Å². The largest absolute Gasteiger partial charge is 0.338 e. The Morgan fingerprint density at radius 3 is 2.53 bits per heavy atom. The van der Waals surface area contributed by atoms with Gasteiger partial charge < -0.3 is 9.84 Å². The average Bonchev–Trinajstić information content (AvgIpc) is 3.48. The van der Waals surface area contributed by atoms with Gasteiger partial charge in [-0.15, -0.1) is 0 Å². The van der Waals surface area contributed by atoms with Crippen molar-refractivity contribution in [1.82, 2.24) is 15.1 Å². The molecule has 0 saturated heterocycles. The summed E-state index contributed by atoms with van der Waals surface area (Å²) in [4.78, 5) is 33.0. The molecule has 1 N–H and O–H groups in total. The van der Waals surface area contributed by atoms with Crippen molar-refractivity contribution in [2.24, 2.45) is 5.92 Å². The van der Waals surface area contributed by atoms with Crippen LogP contribution in [0.1, 0.15) is 67.7 Å². The molecule has 166 valence electrons. The fourth-order valence-electron chi connectivity index (χ4n) is 3.41. The van der Waals surface area contributed by atoms with Gasteiger partial charge in [-0.25, -0.2) is 4.98 Å². The topological polar surface area (TPSA) is 98.0 Å². The molecular formula is C25H28N4O3. The molecule has 1 aliphatic rings. The molecule has 0 unspecified atom stereocenters. The van der Waals surface area contributed by atoms with Gasteiger partial charge in [0.15, 0.2) is 0 Å². The Bertz CT molecular complexity index is 1160. The molecule has 1 amide bonds. The monoisotopic (exact) mass is 432 g/mol. The smallest absolute Gasteiger partial charge is 0.238 e. The fraction of sp³-hybridized carbons (Fsp3) is 0.400. The summed E-state index contributed by atoms with van der Waals surface area (Å²) in [6, 6.07) is 9.97. The van der Waals surface area contributed by atoms with Gasteiger partial charge in [0.2, 0.25) is 23.4 Å². The number of amides is 1. The molecule has 7 heteroatoms. The van der Waals surface area contributed by atoms with Crippen molar-refractivity contribution in [1.29, 1.82) is 0 Å². The second-order valence-corrected chi connectivity index (χ2v) is 9.43. The van der Waals surface area contributed by atoms with Gasteiger partial charge >= 0.3 is 0 Å². The molecule has 0 bridgehead atoms. The number of nitrogens with zero attached hydrogens (tertiary/aromatic N) is 3. The molecule has 32 heavy (non-hydrogen) atoms. The Balaban J connectivity index is 1.41. The fourth-order valence-corrected chi connectivity index (χ4v) is 3.41. The number of rotatable bonds is 7. The van der Waals surface area contributed by atoms with Crippen molar-refractivity contribution < 1.29 is 14.1 Å². The number of hydrogen-bond donors (Lipinski definition) is 1. The van der Waals surface area contributed by atoms with Gasteiger partial charge in [-0.2, -0.15) is 4.98 Å². The number of Topliss-reactive ketones (excluding diaryl/α,β-unsaturated/α-hetero) is 1. The zero-order valence-corrected chi connectivity index (χ0v) is 18.9. The second kappa shape index (κ2) is 8.65. The molecule has 1 fully saturated rings. The maximum atomic E-state index is 12.5. The van der Waals surface area contributed by atoms with Crippen molar-refractivity contribution in [3.05, 3.63) is 59.4 Å². The minimum Gasteiger partial charge on any atom is -0.338 e. The zero-order valence-electron chi connectivity index (χ0n) is 18.9. The number of pyridine rings is 1. The van der Waals surface area contributed by atoms with Crippen molar-refractivity contribution in [3.63, 3.8) is 0 Å². The van der Waals surface area contributed by atoms with Crippen molar-refractivity contribution in [2.75, 3.05) is 5.32 Å². The number of hydrogen-bond acceptors (Lipinski definition) is 6. The van der Waals surface area contributed by atoms with E-state index < -0.39 is 0 Å². The number of aryl methyl sites for hydroxylation is 2. The third-order valence-corrected chi connectivity index (χ3v) is 5.57. The van der Waals surface area contributed by atoms with E-state index in [0.717, 1.165) is 35.1 Å². The predicted octanol–water partition coefficient (Wildman–Crippen LogP) is 4.90. The Morgan fingerprint density at radius 2 is 1.88 bits per heavy atom. The molecule has 4 rings (SSSR count). The van der Waals surface area contributed by atoms with Gasteiger partial charge in [0.05, 0.1) is 0 Å². The first-order valence-corrected chi connectivity index (χ1v) is 10.9. The highest BCUT2D eigenvalue weighted by Crippen LogP contribution is 2.30. The lowest BCUT2D eigenvalue weighted by atomic mass is 9.96. The van der Waals surface area contributed by atoms with E-state index in [4.69, 9.17) is 4.52 Å². The van der Waals surface area contributed by atoms with Gasteiger partial charge in [0.1, 0.15) is 5.82 Å². The summed E-state index contributed by atoms with van der Waals surface area (Å²) < 4.78 is 5.23. The molecule has 2 aromatic heterocycles. The molecule has 1 saturated carbocycles. The van der Waals surface area contributed by atoms with E-state index in [-0.39, 0.29) is 28.8 Å². The van der Waals surface area contributed by atoms with Crippen LogP contribution in [0, 0.1) is 12.8 Å². The van der Waals surface area contributed by atoms with Gasteiger partial charge in [-0.05, 0) is 60.6 Å². The molecule has 0 radical (unpaired) electrons. The van der Waals surface area contributed by atoms with Crippen LogP contribution in [0.5, 0.6) is 0 Å². The predicted molar refractivity (Wildman–Crippen MR) is 121 cm³/mol. The number of ketones is 1. The van der Waals surface area contributed by atoms with Crippen molar-refractivity contribution >= 4 is 17.5 Å². The highest BCUT2D eigenvalue weighted by atomic mass is 16.5. The third-order valence-electron chi connectivity index (χ3n) is 5.57. The van der Waals surface area contributed by atoms with Crippen LogP contribution in [0.2, 0.25) is 0 Å². The number of carbonyl (C=O) groups is 2. The summed E-state index contributed by atoms with van der Waals surface area (Å²) in [6.07, 6.45) is 4.54. The van der Waals surface area contributed by atoms with Crippen LogP contribution in [-0.2, 0) is 16.6 Å². The number of nitrogens with one attached hydrogen (secondary N) is 1. The summed E-state index contributed by atoms with van der Waals surface area (Å²) in [5.74, 6) is 1.23. The van der Waals surface area contributed by atoms with Crippen molar-refractivity contribution in [2.45, 2.75) is 58.8 Å². The molecule has 3 aromatic rings. The maximum absolute atomic E-state index is 12.5. The average molecular weight is 433 g/mol. The Morgan fingerprint density at radius 1 is 1.12 bits per heavy atom. The van der Waals surface area contributed by atoms with Gasteiger partial charge in [0.25, 0.3) is 0 Å². The van der Waals surface area contributed by atoms with E-state index >= 15 is 0 Å². The number of carbonyl (C=O) groups excluding carboxylic acids is 2. The first-order chi connectivity index (χ1) is 15.2. The molecule has 2 heterocycles. The van der Waals surface area contributed by atoms with E-state index in [1.54, 1.807) is 6.20 Å². The van der Waals surface area contributed by atoms with E-state index in [1.165, 1.54) is 0 Å². The summed E-state index contributed by atoms with van der Waals surface area (Å²) in [5.41, 5.74) is 3.93. The molecule has 0 spiro atoms. The normalized spacial score (nSPS) is 13.8. The molecule has 0 aliphatic heterocycles. The lowest BCUT2D eigenvalue weighted by Gasteiger charge is -2.10. The van der Waals surface area contributed by atoms with E-state index in [2.05, 4.69) is 26.5 Å². The van der Waals surface area contributed by atoms with Gasteiger partial charge in [-0.3, -0.25) is 9.59 Å². The highest BCUT2D eigenvalue weighted by Gasteiger charge is 2.29. The lowest BCUT2D eigenvalue weighted by Crippen LogP contribution is -2.14. The van der Waals surface area contributed by atoms with Crippen molar-refractivity contribution in [3.8, 4) is 11.1 Å². The molecule has 0 atom stereocenters. The van der Waals surface area contributed by atoms with Gasteiger partial charge in [0, 0.05) is 24.0 Å². The minimum atomic E-state index is -0.286. The van der Waals surface area contributed by atoms with Crippen LogP contribution in [0.4, 0.5) is 5.82 Å². The summed E-state index contributed by atoms with van der Waals surface area (Å²) >= 11 is 0. The quantitative estimate of drug-likeness (QED) is 0.533. The van der Waals surface area contributed by atoms with Crippen LogP contribution in [0.25, 0.3) is 11.1 Å². The van der Waals surface area contributed by atoms with Crippen LogP contribution in [0.15, 0.2) is 41.1 Å². The Kier molecular flexibility index (Phi) is 5.91. The molecule has 1 aliphatic carbocycles. The maximum Gasteiger partial charge on any atom is 0.238 e. The first kappa shape index (κ1) is 21.9. The highest BCUT2D eigenvalue weighted by molar-refractivity contribution is 5.94. The Hall–Kier alpha value is -3.35. The SMILES string of the molecule is Cc1cc(-c2ccnc(NC(=O)C3CC3)c2)ccc1CCC(=O)c1noc(C(C)(C)C)n1. The summed E-state index contributed by atoms with van der Waals surface area (Å²) in [6.45, 7) is 7.93. The standard InChI is InChI=1S/C25H28N4O3/c1-15-13-18(19-11-12-26-21(14-19)27-23(31)17-6-7-17)8-5-16(15)9-10-20(30)22-28-24(32-29-22)25(2,3)4/h5,8,11-14,17H,6-7,9-10H2,1-4H3,(H,26,27,31). The summed E-state index contributed by atoms with van der Waals surface area (Å²) in [7, 11) is 0. The number of anilines is 1. The van der Waals surface area contributed by atoms with E-state index in [1.807, 2.05) is 52.0 Å². The number of benzene rings is 1. The Labute approximate surface area is 187 Å². The number of aromatic nitrogens is 3. The first-order valence-electron chi connectivity index (χ1n) is 10.9. The van der Waals surface area contributed by atoms with Crippen LogP contribution >= 0.6 is 0 Å². The molecule has 7 nitrogen and oxygen atoms in total. The summed E-state index contributed by atoms with van der Waals surface area (Å²) in [5, 5.41) is 6.74. The van der Waals surface area contributed by atoms with E-state index in [9.17, 15) is 9.59 Å². The van der Waals surface area contributed by atoms with Crippen LogP contribution < -0.4 is 5.32 Å². The second-order valence-electron chi connectivity index (χ2n) is 9.43. The third kappa shape index (κ3) is 5.10.